The van der Waals surface area contributed by atoms with Crippen molar-refractivity contribution in [1.82, 2.24) is 25.0 Å². The maximum atomic E-state index is 12.6. The number of rotatable bonds is 5. The number of carbonyl (C=O) groups is 2. The summed E-state index contributed by atoms with van der Waals surface area (Å²) in [5.74, 6) is 0.0199. The standard InChI is InChI=1S/C24H28N8O2/c1-25-24(34)17-9-26-20(28-23(33)15-10-30(2)11-15)8-19(17)27-18-7-5-6-16-21-14(13-32(4)29-21)12-31(3)22(16)18/h5-9,13,15H,10-12H2,1-4H3,(H,25,34)(H2,26,27,28,33). The number of hydrogen-bond acceptors (Lipinski definition) is 7. The Hall–Kier alpha value is -3.92. The maximum absolute atomic E-state index is 12.6. The zero-order chi connectivity index (χ0) is 24.0. The topological polar surface area (TPSA) is 107 Å². The Kier molecular flexibility index (Phi) is 5.45. The van der Waals surface area contributed by atoms with Gasteiger partial charge in [-0.05, 0) is 13.1 Å². The predicted octanol–water partition coefficient (Wildman–Crippen LogP) is 2.04. The van der Waals surface area contributed by atoms with E-state index in [2.05, 4.69) is 41.9 Å². The number of fused-ring (bicyclic) bond motifs is 3. The Labute approximate surface area is 198 Å². The summed E-state index contributed by atoms with van der Waals surface area (Å²) in [6.45, 7) is 2.18. The fourth-order valence-electron chi connectivity index (χ4n) is 4.64. The van der Waals surface area contributed by atoms with Gasteiger partial charge in [0.2, 0.25) is 5.91 Å². The predicted molar refractivity (Wildman–Crippen MR) is 131 cm³/mol. The first-order valence-corrected chi connectivity index (χ1v) is 11.2. The first-order chi connectivity index (χ1) is 16.3. The molecule has 5 rings (SSSR count). The minimum atomic E-state index is -0.265. The number of para-hydroxylation sites is 1. The Morgan fingerprint density at radius 3 is 2.65 bits per heavy atom. The van der Waals surface area contributed by atoms with Gasteiger partial charge in [0, 0.05) is 70.4 Å². The number of hydrogen-bond donors (Lipinski definition) is 3. The SMILES string of the molecule is CNC(=O)c1cnc(NC(=O)C2CN(C)C2)cc1Nc1cccc2c1N(C)Cc1cn(C)nc1-2. The Morgan fingerprint density at radius 1 is 1.12 bits per heavy atom. The fourth-order valence-corrected chi connectivity index (χ4v) is 4.64. The quantitative estimate of drug-likeness (QED) is 0.535. The smallest absolute Gasteiger partial charge is 0.254 e. The number of carbonyl (C=O) groups excluding carboxylic acids is 2. The van der Waals surface area contributed by atoms with Crippen LogP contribution in [0.3, 0.4) is 0 Å². The highest BCUT2D eigenvalue weighted by molar-refractivity contribution is 6.02. The molecule has 10 nitrogen and oxygen atoms in total. The third-order valence-corrected chi connectivity index (χ3v) is 6.32. The number of aryl methyl sites for hydroxylation is 1. The van der Waals surface area contributed by atoms with Gasteiger partial charge in [0.25, 0.3) is 5.91 Å². The molecule has 0 radical (unpaired) electrons. The molecule has 1 fully saturated rings. The lowest BCUT2D eigenvalue weighted by Crippen LogP contribution is -2.49. The molecule has 0 spiro atoms. The second kappa shape index (κ2) is 8.45. The zero-order valence-electron chi connectivity index (χ0n) is 19.7. The van der Waals surface area contributed by atoms with Gasteiger partial charge in [-0.15, -0.1) is 0 Å². The van der Waals surface area contributed by atoms with E-state index in [0.29, 0.717) is 17.1 Å². The normalized spacial score (nSPS) is 15.2. The molecule has 3 N–H and O–H groups in total. The Morgan fingerprint density at radius 2 is 1.91 bits per heavy atom. The summed E-state index contributed by atoms with van der Waals surface area (Å²) >= 11 is 0. The largest absolute Gasteiger partial charge is 0.368 e. The van der Waals surface area contributed by atoms with Crippen LogP contribution in [0.1, 0.15) is 15.9 Å². The first-order valence-electron chi connectivity index (χ1n) is 11.2. The second-order valence-electron chi connectivity index (χ2n) is 8.96. The molecule has 2 aromatic heterocycles. The summed E-state index contributed by atoms with van der Waals surface area (Å²) in [5.41, 5.74) is 5.92. The highest BCUT2D eigenvalue weighted by Crippen LogP contribution is 2.43. The number of pyridine rings is 1. The van der Waals surface area contributed by atoms with E-state index in [0.717, 1.165) is 47.8 Å². The number of anilines is 4. The van der Waals surface area contributed by atoms with Crippen LogP contribution >= 0.6 is 0 Å². The minimum Gasteiger partial charge on any atom is -0.368 e. The second-order valence-corrected chi connectivity index (χ2v) is 8.96. The molecule has 1 saturated heterocycles. The third-order valence-electron chi connectivity index (χ3n) is 6.32. The van der Waals surface area contributed by atoms with Crippen molar-refractivity contribution < 1.29 is 9.59 Å². The number of likely N-dealkylation sites (tertiary alicyclic amines) is 1. The van der Waals surface area contributed by atoms with Gasteiger partial charge < -0.3 is 25.8 Å². The Bertz CT molecular complexity index is 1280. The summed E-state index contributed by atoms with van der Waals surface area (Å²) in [6.07, 6.45) is 3.52. The van der Waals surface area contributed by atoms with Crippen molar-refractivity contribution in [2.24, 2.45) is 13.0 Å². The van der Waals surface area contributed by atoms with Crippen molar-refractivity contribution >= 4 is 34.7 Å². The van der Waals surface area contributed by atoms with E-state index in [-0.39, 0.29) is 17.7 Å². The molecule has 2 aliphatic rings. The molecular weight excluding hydrogens is 432 g/mol. The summed E-state index contributed by atoms with van der Waals surface area (Å²) in [5, 5.41) is 13.6. The van der Waals surface area contributed by atoms with E-state index in [1.165, 1.54) is 6.20 Å². The van der Waals surface area contributed by atoms with Gasteiger partial charge in [-0.1, -0.05) is 12.1 Å². The van der Waals surface area contributed by atoms with Gasteiger partial charge >= 0.3 is 0 Å². The molecular formula is C24H28N8O2. The lowest BCUT2D eigenvalue weighted by molar-refractivity contribution is -0.124. The van der Waals surface area contributed by atoms with Crippen molar-refractivity contribution in [1.29, 1.82) is 0 Å². The van der Waals surface area contributed by atoms with E-state index in [1.54, 1.807) is 13.1 Å². The minimum absolute atomic E-state index is 0.0517. The van der Waals surface area contributed by atoms with Crippen LogP contribution in [0.5, 0.6) is 0 Å². The summed E-state index contributed by atoms with van der Waals surface area (Å²) in [7, 11) is 7.51. The third kappa shape index (κ3) is 3.86. The van der Waals surface area contributed by atoms with Crippen molar-refractivity contribution in [2.75, 3.05) is 49.8 Å². The van der Waals surface area contributed by atoms with Crippen LogP contribution in [0.25, 0.3) is 11.3 Å². The van der Waals surface area contributed by atoms with Crippen molar-refractivity contribution in [3.63, 3.8) is 0 Å². The van der Waals surface area contributed by atoms with Gasteiger partial charge in [-0.25, -0.2) is 4.98 Å². The van der Waals surface area contributed by atoms with E-state index in [4.69, 9.17) is 0 Å². The van der Waals surface area contributed by atoms with Gasteiger partial charge in [0.05, 0.1) is 34.2 Å². The molecule has 176 valence electrons. The van der Waals surface area contributed by atoms with Crippen LogP contribution in [0.2, 0.25) is 0 Å². The highest BCUT2D eigenvalue weighted by atomic mass is 16.2. The van der Waals surface area contributed by atoms with Crippen LogP contribution in [-0.4, -0.2) is 65.7 Å². The first kappa shape index (κ1) is 21.9. The van der Waals surface area contributed by atoms with E-state index in [9.17, 15) is 9.59 Å². The number of nitrogens with zero attached hydrogens (tertiary/aromatic N) is 5. The van der Waals surface area contributed by atoms with Crippen LogP contribution in [-0.2, 0) is 18.4 Å². The van der Waals surface area contributed by atoms with Crippen LogP contribution in [0.15, 0.2) is 36.7 Å². The number of nitrogens with one attached hydrogen (secondary N) is 3. The summed E-state index contributed by atoms with van der Waals surface area (Å²) in [4.78, 5) is 33.7. The van der Waals surface area contributed by atoms with Gasteiger partial charge in [-0.2, -0.15) is 5.10 Å². The molecule has 0 bridgehead atoms. The van der Waals surface area contributed by atoms with E-state index in [1.807, 2.05) is 44.2 Å². The lowest BCUT2D eigenvalue weighted by atomic mass is 9.99. The van der Waals surface area contributed by atoms with Crippen molar-refractivity contribution in [3.05, 3.63) is 47.8 Å². The molecule has 10 heteroatoms. The molecule has 34 heavy (non-hydrogen) atoms. The fraction of sp³-hybridized carbons (Fsp3) is 0.333. The van der Waals surface area contributed by atoms with Crippen LogP contribution in [0.4, 0.5) is 22.9 Å². The molecule has 0 saturated carbocycles. The molecule has 2 amide bonds. The van der Waals surface area contributed by atoms with Gasteiger partial charge in [-0.3, -0.25) is 14.3 Å². The van der Waals surface area contributed by atoms with Crippen LogP contribution in [0, 0.1) is 5.92 Å². The van der Waals surface area contributed by atoms with Gasteiger partial charge in [0.1, 0.15) is 5.82 Å². The van der Waals surface area contributed by atoms with Crippen LogP contribution < -0.4 is 20.9 Å². The molecule has 4 heterocycles. The Balaban J connectivity index is 1.50. The average molecular weight is 461 g/mol. The molecule has 2 aliphatic heterocycles. The summed E-state index contributed by atoms with van der Waals surface area (Å²) in [6, 6.07) is 7.70. The number of benzene rings is 1. The molecule has 1 aromatic carbocycles. The van der Waals surface area contributed by atoms with Crippen molar-refractivity contribution in [3.8, 4) is 11.3 Å². The number of aromatic nitrogens is 3. The summed E-state index contributed by atoms with van der Waals surface area (Å²) < 4.78 is 1.83. The highest BCUT2D eigenvalue weighted by Gasteiger charge is 2.30. The molecule has 0 unspecified atom stereocenters. The monoisotopic (exact) mass is 460 g/mol. The van der Waals surface area contributed by atoms with E-state index >= 15 is 0 Å². The lowest BCUT2D eigenvalue weighted by Gasteiger charge is -2.34. The van der Waals surface area contributed by atoms with Crippen molar-refractivity contribution in [2.45, 2.75) is 6.54 Å². The molecule has 3 aromatic rings. The zero-order valence-corrected chi connectivity index (χ0v) is 19.7. The molecule has 0 aliphatic carbocycles. The van der Waals surface area contributed by atoms with E-state index < -0.39 is 0 Å². The molecule has 0 atom stereocenters. The number of amides is 2. The van der Waals surface area contributed by atoms with Gasteiger partial charge in [0.15, 0.2) is 0 Å². The maximum Gasteiger partial charge on any atom is 0.254 e. The average Bonchev–Trinajstić information content (AvgIpc) is 3.16.